The Hall–Kier alpha value is -2.47. The van der Waals surface area contributed by atoms with Gasteiger partial charge in [-0.2, -0.15) is 0 Å². The van der Waals surface area contributed by atoms with Crippen LogP contribution in [0.3, 0.4) is 0 Å². The number of benzene rings is 1. The van der Waals surface area contributed by atoms with Crippen molar-refractivity contribution in [1.29, 1.82) is 0 Å². The molecule has 1 aromatic carbocycles. The van der Waals surface area contributed by atoms with Gasteiger partial charge >= 0.3 is 0 Å². The first kappa shape index (κ1) is 15.4. The van der Waals surface area contributed by atoms with Crippen LogP contribution in [0.2, 0.25) is 0 Å². The Morgan fingerprint density at radius 1 is 1.17 bits per heavy atom. The van der Waals surface area contributed by atoms with Crippen LogP contribution < -0.4 is 10.1 Å². The van der Waals surface area contributed by atoms with Crippen molar-refractivity contribution < 1.29 is 14.3 Å². The van der Waals surface area contributed by atoms with Crippen LogP contribution in [-0.2, 0) is 4.79 Å². The van der Waals surface area contributed by atoms with E-state index in [9.17, 15) is 9.59 Å². The van der Waals surface area contributed by atoms with E-state index in [1.165, 1.54) is 0 Å². The second kappa shape index (κ2) is 5.96. The van der Waals surface area contributed by atoms with Crippen LogP contribution in [0.15, 0.2) is 35.2 Å². The van der Waals surface area contributed by atoms with Gasteiger partial charge < -0.3 is 9.30 Å². The van der Waals surface area contributed by atoms with Crippen LogP contribution in [0.25, 0.3) is 11.8 Å². The van der Waals surface area contributed by atoms with E-state index in [-0.39, 0.29) is 11.1 Å². The summed E-state index contributed by atoms with van der Waals surface area (Å²) >= 11 is 0.929. The summed E-state index contributed by atoms with van der Waals surface area (Å²) in [7, 11) is 1.64. The van der Waals surface area contributed by atoms with Gasteiger partial charge in [0.15, 0.2) is 0 Å². The molecule has 0 saturated carbocycles. The Morgan fingerprint density at radius 2 is 1.87 bits per heavy atom. The number of nitrogens with one attached hydrogen (secondary N) is 1. The van der Waals surface area contributed by atoms with Crippen LogP contribution in [0, 0.1) is 13.8 Å². The lowest BCUT2D eigenvalue weighted by Crippen LogP contribution is -2.17. The van der Waals surface area contributed by atoms with Gasteiger partial charge in [-0.3, -0.25) is 14.9 Å². The fourth-order valence-corrected chi connectivity index (χ4v) is 3.30. The molecule has 0 spiro atoms. The molecule has 3 rings (SSSR count). The number of thioether (sulfide) groups is 1. The van der Waals surface area contributed by atoms with Gasteiger partial charge in [-0.1, -0.05) is 0 Å². The molecule has 5 nitrogen and oxygen atoms in total. The highest BCUT2D eigenvalue weighted by molar-refractivity contribution is 8.18. The minimum atomic E-state index is -0.339. The summed E-state index contributed by atoms with van der Waals surface area (Å²) in [4.78, 5) is 23.4. The zero-order valence-electron chi connectivity index (χ0n) is 13.0. The molecule has 1 aliphatic heterocycles. The molecule has 2 heterocycles. The van der Waals surface area contributed by atoms with Crippen molar-refractivity contribution in [3.8, 4) is 11.4 Å². The van der Waals surface area contributed by atoms with Crippen molar-refractivity contribution >= 4 is 29.0 Å². The van der Waals surface area contributed by atoms with Gasteiger partial charge in [0.2, 0.25) is 0 Å². The Balaban J connectivity index is 2.01. The molecule has 2 amide bonds. The molecule has 23 heavy (non-hydrogen) atoms. The first-order chi connectivity index (χ1) is 11.0. The predicted octanol–water partition coefficient (Wildman–Crippen LogP) is 3.43. The number of amides is 2. The minimum absolute atomic E-state index is 0.329. The highest BCUT2D eigenvalue weighted by atomic mass is 32.2. The van der Waals surface area contributed by atoms with Crippen LogP contribution >= 0.6 is 11.8 Å². The number of aryl methyl sites for hydroxylation is 1. The molecule has 1 aromatic heterocycles. The number of aromatic nitrogens is 1. The number of methoxy groups -OCH3 is 1. The van der Waals surface area contributed by atoms with Gasteiger partial charge in [0.1, 0.15) is 5.75 Å². The lowest BCUT2D eigenvalue weighted by atomic mass is 10.2. The van der Waals surface area contributed by atoms with Crippen LogP contribution in [0.4, 0.5) is 4.79 Å². The second-order valence-electron chi connectivity index (χ2n) is 5.21. The molecule has 118 valence electrons. The van der Waals surface area contributed by atoms with Crippen molar-refractivity contribution in [2.24, 2.45) is 0 Å². The van der Waals surface area contributed by atoms with Crippen LogP contribution in [0.5, 0.6) is 5.75 Å². The number of ether oxygens (including phenoxy) is 1. The number of carbonyl (C=O) groups is 2. The van der Waals surface area contributed by atoms with E-state index in [1.54, 1.807) is 13.2 Å². The predicted molar refractivity (Wildman–Crippen MR) is 90.9 cm³/mol. The van der Waals surface area contributed by atoms with Crippen molar-refractivity contribution in [2.75, 3.05) is 7.11 Å². The monoisotopic (exact) mass is 328 g/mol. The summed E-state index contributed by atoms with van der Waals surface area (Å²) in [5.41, 5.74) is 4.00. The minimum Gasteiger partial charge on any atom is -0.497 e. The van der Waals surface area contributed by atoms with Crippen LogP contribution in [-0.4, -0.2) is 22.8 Å². The number of rotatable bonds is 3. The second-order valence-corrected chi connectivity index (χ2v) is 6.23. The van der Waals surface area contributed by atoms with Crippen molar-refractivity contribution in [3.63, 3.8) is 0 Å². The standard InChI is InChI=1S/C17H16N2O3S/c1-10-8-12(9-15-16(20)18-17(21)23-15)11(2)19(10)13-4-6-14(22-3)7-5-13/h4-9H,1-3H3,(H,18,20,21)/b15-9+. The fraction of sp³-hybridized carbons (Fsp3) is 0.176. The van der Waals surface area contributed by atoms with Gasteiger partial charge in [-0.05, 0) is 67.6 Å². The Morgan fingerprint density at radius 3 is 2.43 bits per heavy atom. The highest BCUT2D eigenvalue weighted by Crippen LogP contribution is 2.29. The number of carbonyl (C=O) groups excluding carboxylic acids is 2. The molecule has 1 N–H and O–H groups in total. The van der Waals surface area contributed by atoms with E-state index >= 15 is 0 Å². The SMILES string of the molecule is COc1ccc(-n2c(C)cc(/C=C3/SC(=O)NC3=O)c2C)cc1. The highest BCUT2D eigenvalue weighted by Gasteiger charge is 2.25. The number of hydrogen-bond acceptors (Lipinski definition) is 4. The number of imide groups is 1. The van der Waals surface area contributed by atoms with Gasteiger partial charge in [-0.15, -0.1) is 0 Å². The topological polar surface area (TPSA) is 60.3 Å². The first-order valence-corrected chi connectivity index (χ1v) is 7.89. The van der Waals surface area contributed by atoms with Crippen molar-refractivity contribution in [3.05, 3.63) is 52.2 Å². The summed E-state index contributed by atoms with van der Waals surface area (Å²) in [5.74, 6) is 0.463. The maximum absolute atomic E-state index is 11.7. The third kappa shape index (κ3) is 2.90. The van der Waals surface area contributed by atoms with Crippen LogP contribution in [0.1, 0.15) is 17.0 Å². The molecule has 0 radical (unpaired) electrons. The third-order valence-electron chi connectivity index (χ3n) is 3.73. The van der Waals surface area contributed by atoms with Gasteiger partial charge in [0.05, 0.1) is 12.0 Å². The van der Waals surface area contributed by atoms with Gasteiger partial charge in [-0.25, -0.2) is 0 Å². The summed E-state index contributed by atoms with van der Waals surface area (Å²) in [6.07, 6.45) is 1.76. The number of nitrogens with zero attached hydrogens (tertiary/aromatic N) is 1. The van der Waals surface area contributed by atoms with E-state index in [4.69, 9.17) is 4.74 Å². The zero-order chi connectivity index (χ0) is 16.6. The Bertz CT molecular complexity index is 819. The molecule has 1 saturated heterocycles. The molecular formula is C17H16N2O3S. The van der Waals surface area contributed by atoms with E-state index in [0.29, 0.717) is 4.91 Å². The largest absolute Gasteiger partial charge is 0.497 e. The molecule has 0 atom stereocenters. The van der Waals surface area contributed by atoms with Gasteiger partial charge in [0, 0.05) is 17.1 Å². The van der Waals surface area contributed by atoms with E-state index < -0.39 is 0 Å². The molecule has 1 aliphatic rings. The molecular weight excluding hydrogens is 312 g/mol. The quantitative estimate of drug-likeness (QED) is 0.877. The average Bonchev–Trinajstić information content (AvgIpc) is 2.99. The fourth-order valence-electron chi connectivity index (χ4n) is 2.62. The summed E-state index contributed by atoms with van der Waals surface area (Å²) < 4.78 is 7.29. The third-order valence-corrected chi connectivity index (χ3v) is 4.54. The molecule has 0 aliphatic carbocycles. The van der Waals surface area contributed by atoms with E-state index in [1.807, 2.05) is 44.2 Å². The zero-order valence-corrected chi connectivity index (χ0v) is 13.9. The Kier molecular flexibility index (Phi) is 4.00. The van der Waals surface area contributed by atoms with Crippen molar-refractivity contribution in [2.45, 2.75) is 13.8 Å². The maximum atomic E-state index is 11.7. The normalized spacial score (nSPS) is 16.0. The molecule has 6 heteroatoms. The van der Waals surface area contributed by atoms with Gasteiger partial charge in [0.25, 0.3) is 11.1 Å². The summed E-state index contributed by atoms with van der Waals surface area (Å²) in [6.45, 7) is 4.00. The Labute approximate surface area is 138 Å². The van der Waals surface area contributed by atoms with Crippen molar-refractivity contribution in [1.82, 2.24) is 9.88 Å². The van der Waals surface area contributed by atoms with E-state index in [2.05, 4.69) is 9.88 Å². The smallest absolute Gasteiger partial charge is 0.290 e. The molecule has 1 fully saturated rings. The average molecular weight is 328 g/mol. The van der Waals surface area contributed by atoms with E-state index in [0.717, 1.165) is 40.2 Å². The maximum Gasteiger partial charge on any atom is 0.290 e. The molecule has 2 aromatic rings. The summed E-state index contributed by atoms with van der Waals surface area (Å²) in [5, 5.41) is 1.94. The lowest BCUT2D eigenvalue weighted by molar-refractivity contribution is -0.115. The lowest BCUT2D eigenvalue weighted by Gasteiger charge is -2.10. The first-order valence-electron chi connectivity index (χ1n) is 7.08. The summed E-state index contributed by atoms with van der Waals surface area (Å²) in [6, 6.07) is 9.78. The molecule has 0 unspecified atom stereocenters. The number of hydrogen-bond donors (Lipinski definition) is 1. The molecule has 0 bridgehead atoms.